The Kier molecular flexibility index (Phi) is 5.95. The number of carbonyl (C=O) groups is 1. The summed E-state index contributed by atoms with van der Waals surface area (Å²) in [7, 11) is 0. The van der Waals surface area contributed by atoms with Gasteiger partial charge in [-0.25, -0.2) is 4.39 Å². The molecule has 0 aliphatic carbocycles. The molecule has 1 fully saturated rings. The zero-order valence-electron chi connectivity index (χ0n) is 13.7. The molecule has 22 heavy (non-hydrogen) atoms. The lowest BCUT2D eigenvalue weighted by Gasteiger charge is -2.39. The number of hydrogen-bond acceptors (Lipinski definition) is 2. The molecule has 122 valence electrons. The predicted molar refractivity (Wildman–Crippen MR) is 85.3 cm³/mol. The molecule has 1 saturated heterocycles. The van der Waals surface area contributed by atoms with Crippen LogP contribution in [0.4, 0.5) is 4.39 Å². The zero-order chi connectivity index (χ0) is 16.1. The Morgan fingerprint density at radius 2 is 1.86 bits per heavy atom. The van der Waals surface area contributed by atoms with Gasteiger partial charge in [0.15, 0.2) is 0 Å². The highest BCUT2D eigenvalue weighted by Crippen LogP contribution is 2.27. The molecule has 1 aromatic carbocycles. The molecule has 0 saturated carbocycles. The minimum Gasteiger partial charge on any atom is -0.377 e. The van der Waals surface area contributed by atoms with Crippen molar-refractivity contribution in [1.29, 1.82) is 0 Å². The molecule has 1 aromatic rings. The number of morpholine rings is 1. The van der Waals surface area contributed by atoms with E-state index >= 15 is 0 Å². The molecule has 3 nitrogen and oxygen atoms in total. The van der Waals surface area contributed by atoms with Crippen molar-refractivity contribution in [2.24, 2.45) is 0 Å². The first kappa shape index (κ1) is 16.9. The molecular weight excluding hydrogens is 281 g/mol. The van der Waals surface area contributed by atoms with E-state index in [0.717, 1.165) is 18.4 Å². The van der Waals surface area contributed by atoms with E-state index in [1.807, 2.05) is 18.7 Å². The minimum atomic E-state index is -0.235. The number of amides is 1. The van der Waals surface area contributed by atoms with Crippen LogP contribution in [-0.4, -0.2) is 36.1 Å². The monoisotopic (exact) mass is 307 g/mol. The molecule has 0 N–H and O–H groups in total. The summed E-state index contributed by atoms with van der Waals surface area (Å²) in [6, 6.07) is 6.79. The number of ether oxygens (including phenoxy) is 1. The van der Waals surface area contributed by atoms with Gasteiger partial charge in [-0.15, -0.1) is 0 Å². The first-order chi connectivity index (χ1) is 10.5. The quantitative estimate of drug-likeness (QED) is 0.829. The van der Waals surface area contributed by atoms with E-state index < -0.39 is 0 Å². The number of nitrogens with zero attached hydrogens (tertiary/aromatic N) is 1. The standard InChI is InChI=1S/C18H26FNO2/c1-4-5-16(15-6-8-17(19)9-7-15)10-18(21)20-13(2)11-22-12-14(20)3/h6-9,13-14,16H,4-5,10-12H2,1-3H3. The molecule has 0 aromatic heterocycles. The highest BCUT2D eigenvalue weighted by Gasteiger charge is 2.30. The number of rotatable bonds is 5. The summed E-state index contributed by atoms with van der Waals surface area (Å²) < 4.78 is 18.6. The van der Waals surface area contributed by atoms with Crippen LogP contribution in [0.5, 0.6) is 0 Å². The van der Waals surface area contributed by atoms with Crippen molar-refractivity contribution in [1.82, 2.24) is 4.90 Å². The Morgan fingerprint density at radius 1 is 1.27 bits per heavy atom. The third-order valence-electron chi connectivity index (χ3n) is 4.36. The molecule has 1 amide bonds. The molecular formula is C18H26FNO2. The van der Waals surface area contributed by atoms with Crippen molar-refractivity contribution in [3.63, 3.8) is 0 Å². The summed E-state index contributed by atoms with van der Waals surface area (Å²) in [6.45, 7) is 7.37. The van der Waals surface area contributed by atoms with E-state index in [1.165, 1.54) is 12.1 Å². The summed E-state index contributed by atoms with van der Waals surface area (Å²) in [5.74, 6) is 0.0900. The third-order valence-corrected chi connectivity index (χ3v) is 4.36. The van der Waals surface area contributed by atoms with Crippen molar-refractivity contribution in [2.75, 3.05) is 13.2 Å². The molecule has 0 radical (unpaired) electrons. The van der Waals surface area contributed by atoms with Gasteiger partial charge in [-0.2, -0.15) is 0 Å². The minimum absolute atomic E-state index is 0.117. The SMILES string of the molecule is CCCC(CC(=O)N1C(C)COCC1C)c1ccc(F)cc1. The van der Waals surface area contributed by atoms with E-state index in [0.29, 0.717) is 19.6 Å². The Morgan fingerprint density at radius 3 is 2.41 bits per heavy atom. The van der Waals surface area contributed by atoms with Crippen LogP contribution in [0.3, 0.4) is 0 Å². The molecule has 1 aliphatic heterocycles. The normalized spacial score (nSPS) is 23.4. The summed E-state index contributed by atoms with van der Waals surface area (Å²) in [6.07, 6.45) is 2.42. The van der Waals surface area contributed by atoms with Crippen LogP contribution in [0.2, 0.25) is 0 Å². The number of halogens is 1. The number of benzene rings is 1. The van der Waals surface area contributed by atoms with Crippen molar-refractivity contribution >= 4 is 5.91 Å². The summed E-state index contributed by atoms with van der Waals surface area (Å²) in [5, 5.41) is 0. The van der Waals surface area contributed by atoms with Gasteiger partial charge in [-0.05, 0) is 43.9 Å². The molecule has 0 bridgehead atoms. The van der Waals surface area contributed by atoms with E-state index in [4.69, 9.17) is 4.74 Å². The van der Waals surface area contributed by atoms with E-state index in [-0.39, 0.29) is 29.7 Å². The number of hydrogen-bond donors (Lipinski definition) is 0. The van der Waals surface area contributed by atoms with Crippen molar-refractivity contribution in [3.05, 3.63) is 35.6 Å². The maximum absolute atomic E-state index is 13.1. The first-order valence-electron chi connectivity index (χ1n) is 8.17. The molecule has 4 heteroatoms. The van der Waals surface area contributed by atoms with E-state index in [1.54, 1.807) is 12.1 Å². The lowest BCUT2D eigenvalue weighted by Crippen LogP contribution is -2.52. The van der Waals surface area contributed by atoms with Crippen LogP contribution in [0, 0.1) is 5.82 Å². The van der Waals surface area contributed by atoms with Gasteiger partial charge in [-0.1, -0.05) is 25.5 Å². The second-order valence-corrected chi connectivity index (χ2v) is 6.28. The van der Waals surface area contributed by atoms with Crippen LogP contribution in [0.1, 0.15) is 51.5 Å². The zero-order valence-corrected chi connectivity index (χ0v) is 13.7. The van der Waals surface area contributed by atoms with Gasteiger partial charge in [0.2, 0.25) is 5.91 Å². The fourth-order valence-electron chi connectivity index (χ4n) is 3.28. The van der Waals surface area contributed by atoms with Crippen molar-refractivity contribution < 1.29 is 13.9 Å². The third kappa shape index (κ3) is 4.07. The Labute approximate surface area is 132 Å². The Bertz CT molecular complexity index is 478. The van der Waals surface area contributed by atoms with Crippen LogP contribution in [-0.2, 0) is 9.53 Å². The Balaban J connectivity index is 2.09. The van der Waals surface area contributed by atoms with Crippen LogP contribution in [0.25, 0.3) is 0 Å². The van der Waals surface area contributed by atoms with Gasteiger partial charge in [0.25, 0.3) is 0 Å². The van der Waals surface area contributed by atoms with Crippen molar-refractivity contribution in [3.8, 4) is 0 Å². The molecule has 3 unspecified atom stereocenters. The maximum Gasteiger partial charge on any atom is 0.223 e. The smallest absolute Gasteiger partial charge is 0.223 e. The fraction of sp³-hybridized carbons (Fsp3) is 0.611. The van der Waals surface area contributed by atoms with Gasteiger partial charge in [0.1, 0.15) is 5.82 Å². The summed E-state index contributed by atoms with van der Waals surface area (Å²) in [5.41, 5.74) is 1.05. The van der Waals surface area contributed by atoms with Crippen LogP contribution < -0.4 is 0 Å². The average Bonchev–Trinajstić information content (AvgIpc) is 2.47. The molecule has 3 atom stereocenters. The fourth-order valence-corrected chi connectivity index (χ4v) is 3.28. The second-order valence-electron chi connectivity index (χ2n) is 6.28. The molecule has 2 rings (SSSR count). The predicted octanol–water partition coefficient (Wildman–Crippen LogP) is 3.74. The first-order valence-corrected chi connectivity index (χ1v) is 8.17. The van der Waals surface area contributed by atoms with Gasteiger partial charge in [0, 0.05) is 6.42 Å². The maximum atomic E-state index is 13.1. The van der Waals surface area contributed by atoms with Gasteiger partial charge >= 0.3 is 0 Å². The molecule has 1 aliphatic rings. The second kappa shape index (κ2) is 7.73. The van der Waals surface area contributed by atoms with Gasteiger partial charge in [-0.3, -0.25) is 4.79 Å². The average molecular weight is 307 g/mol. The van der Waals surface area contributed by atoms with E-state index in [9.17, 15) is 9.18 Å². The largest absolute Gasteiger partial charge is 0.377 e. The Hall–Kier alpha value is -1.42. The highest BCUT2D eigenvalue weighted by molar-refractivity contribution is 5.78. The van der Waals surface area contributed by atoms with Crippen LogP contribution >= 0.6 is 0 Å². The van der Waals surface area contributed by atoms with Gasteiger partial charge < -0.3 is 9.64 Å². The van der Waals surface area contributed by atoms with Crippen LogP contribution in [0.15, 0.2) is 24.3 Å². The van der Waals surface area contributed by atoms with Crippen molar-refractivity contribution in [2.45, 2.75) is 58.0 Å². The lowest BCUT2D eigenvalue weighted by molar-refractivity contribution is -0.144. The molecule has 0 spiro atoms. The number of carbonyl (C=O) groups excluding carboxylic acids is 1. The molecule has 1 heterocycles. The topological polar surface area (TPSA) is 29.5 Å². The van der Waals surface area contributed by atoms with Gasteiger partial charge in [0.05, 0.1) is 25.3 Å². The summed E-state index contributed by atoms with van der Waals surface area (Å²) in [4.78, 5) is 14.7. The lowest BCUT2D eigenvalue weighted by atomic mass is 9.90. The highest BCUT2D eigenvalue weighted by atomic mass is 19.1. The summed E-state index contributed by atoms with van der Waals surface area (Å²) >= 11 is 0. The van der Waals surface area contributed by atoms with E-state index in [2.05, 4.69) is 6.92 Å².